The summed E-state index contributed by atoms with van der Waals surface area (Å²) < 4.78 is 63.2. The monoisotopic (exact) mass is 342 g/mol. The van der Waals surface area contributed by atoms with Crippen molar-refractivity contribution in [2.75, 3.05) is 13.1 Å². The summed E-state index contributed by atoms with van der Waals surface area (Å²) in [7, 11) is -4.07. The van der Waals surface area contributed by atoms with Crippen LogP contribution in [0.25, 0.3) is 0 Å². The van der Waals surface area contributed by atoms with E-state index in [1.165, 1.54) is 6.07 Å². The van der Waals surface area contributed by atoms with Crippen LogP contribution in [-0.4, -0.2) is 38.0 Å². The lowest BCUT2D eigenvalue weighted by atomic mass is 10.3. The minimum absolute atomic E-state index is 0.0217. The largest absolute Gasteiger partial charge is 0.402 e. The maximum atomic E-state index is 12.6. The van der Waals surface area contributed by atoms with Gasteiger partial charge in [-0.3, -0.25) is 0 Å². The molecule has 0 unspecified atom stereocenters. The minimum Gasteiger partial charge on any atom is -0.313 e. The third kappa shape index (κ3) is 4.41. The predicted octanol–water partition coefficient (Wildman–Crippen LogP) is 2.57. The van der Waals surface area contributed by atoms with Gasteiger partial charge in [-0.2, -0.15) is 17.5 Å². The first kappa shape index (κ1) is 16.7. The van der Waals surface area contributed by atoms with Crippen LogP contribution in [0.5, 0.6) is 0 Å². The Morgan fingerprint density at radius 2 is 2.10 bits per heavy atom. The van der Waals surface area contributed by atoms with Crippen LogP contribution < -0.4 is 5.32 Å². The SMILES string of the molecule is CCNCc1csc(S(=O)(=O)N(CC(F)(F)F)C2CC2)c1. The second-order valence-electron chi connectivity index (χ2n) is 4.95. The Morgan fingerprint density at radius 1 is 1.43 bits per heavy atom. The van der Waals surface area contributed by atoms with Crippen molar-refractivity contribution in [2.24, 2.45) is 0 Å². The zero-order chi connectivity index (χ0) is 15.7. The predicted molar refractivity (Wildman–Crippen MR) is 74.7 cm³/mol. The van der Waals surface area contributed by atoms with Crippen LogP contribution in [0.4, 0.5) is 13.2 Å². The third-order valence-corrected chi connectivity index (χ3v) is 6.42. The summed E-state index contributed by atoms with van der Waals surface area (Å²) in [5.74, 6) is 0. The van der Waals surface area contributed by atoms with E-state index in [1.807, 2.05) is 6.92 Å². The molecule has 1 N–H and O–H groups in total. The third-order valence-electron chi connectivity index (χ3n) is 3.06. The van der Waals surface area contributed by atoms with E-state index in [9.17, 15) is 21.6 Å². The van der Waals surface area contributed by atoms with Gasteiger partial charge in [-0.1, -0.05) is 6.92 Å². The molecule has 1 saturated carbocycles. The Bertz CT molecular complexity index is 580. The summed E-state index contributed by atoms with van der Waals surface area (Å²) in [6.07, 6.45) is -3.55. The number of alkyl halides is 3. The lowest BCUT2D eigenvalue weighted by molar-refractivity contribution is -0.136. The number of nitrogens with zero attached hydrogens (tertiary/aromatic N) is 1. The first-order valence-electron chi connectivity index (χ1n) is 6.61. The smallest absolute Gasteiger partial charge is 0.313 e. The Morgan fingerprint density at radius 3 is 2.62 bits per heavy atom. The second kappa shape index (κ2) is 6.23. The number of thiophene rings is 1. The van der Waals surface area contributed by atoms with E-state index in [1.54, 1.807) is 5.38 Å². The molecule has 0 saturated heterocycles. The topological polar surface area (TPSA) is 49.4 Å². The molecular formula is C12H17F3N2O2S2. The van der Waals surface area contributed by atoms with Crippen molar-refractivity contribution >= 4 is 21.4 Å². The molecule has 0 spiro atoms. The van der Waals surface area contributed by atoms with Crippen LogP contribution in [0.1, 0.15) is 25.3 Å². The van der Waals surface area contributed by atoms with E-state index in [4.69, 9.17) is 0 Å². The van der Waals surface area contributed by atoms with Gasteiger partial charge in [0.05, 0.1) is 0 Å². The van der Waals surface area contributed by atoms with Crippen LogP contribution in [0.3, 0.4) is 0 Å². The van der Waals surface area contributed by atoms with E-state index >= 15 is 0 Å². The molecule has 1 aromatic rings. The molecule has 0 aliphatic heterocycles. The van der Waals surface area contributed by atoms with E-state index in [0.717, 1.165) is 23.4 Å². The van der Waals surface area contributed by atoms with Gasteiger partial charge in [0.25, 0.3) is 10.0 Å². The van der Waals surface area contributed by atoms with Crippen molar-refractivity contribution in [3.8, 4) is 0 Å². The van der Waals surface area contributed by atoms with Crippen molar-refractivity contribution < 1.29 is 21.6 Å². The lowest BCUT2D eigenvalue weighted by Gasteiger charge is -2.22. The van der Waals surface area contributed by atoms with Crippen LogP contribution in [0.15, 0.2) is 15.7 Å². The lowest BCUT2D eigenvalue weighted by Crippen LogP contribution is -2.40. The first-order valence-corrected chi connectivity index (χ1v) is 8.92. The molecule has 1 fully saturated rings. The van der Waals surface area contributed by atoms with E-state index < -0.39 is 28.8 Å². The summed E-state index contributed by atoms with van der Waals surface area (Å²) in [4.78, 5) is 0. The average Bonchev–Trinajstić information content (AvgIpc) is 3.10. The number of sulfonamides is 1. The molecule has 1 aliphatic carbocycles. The van der Waals surface area contributed by atoms with Crippen molar-refractivity contribution in [2.45, 2.75) is 42.7 Å². The zero-order valence-electron chi connectivity index (χ0n) is 11.5. The molecular weight excluding hydrogens is 325 g/mol. The Kier molecular flexibility index (Phi) is 4.96. The highest BCUT2D eigenvalue weighted by Gasteiger charge is 2.45. The summed E-state index contributed by atoms with van der Waals surface area (Å²) >= 11 is 0.969. The van der Waals surface area contributed by atoms with Gasteiger partial charge in [0, 0.05) is 12.6 Å². The van der Waals surface area contributed by atoms with Gasteiger partial charge in [0.15, 0.2) is 0 Å². The van der Waals surface area contributed by atoms with Gasteiger partial charge in [-0.05, 0) is 36.4 Å². The van der Waals surface area contributed by atoms with Crippen LogP contribution in [0, 0.1) is 0 Å². The number of rotatable bonds is 7. The molecule has 0 atom stereocenters. The first-order chi connectivity index (χ1) is 9.74. The maximum Gasteiger partial charge on any atom is 0.402 e. The zero-order valence-corrected chi connectivity index (χ0v) is 13.1. The highest BCUT2D eigenvalue weighted by molar-refractivity contribution is 7.91. The number of halogens is 3. The van der Waals surface area contributed by atoms with Gasteiger partial charge in [-0.15, -0.1) is 11.3 Å². The summed E-state index contributed by atoms with van der Waals surface area (Å²) in [6, 6.07) is 0.935. The molecule has 1 aromatic heterocycles. The Balaban J connectivity index is 2.20. The number of hydrogen-bond donors (Lipinski definition) is 1. The summed E-state index contributed by atoms with van der Waals surface area (Å²) in [6.45, 7) is 1.74. The standard InChI is InChI=1S/C12H17F3N2O2S2/c1-2-16-6-9-5-11(20-7-9)21(18,19)17(10-3-4-10)8-12(13,14)15/h5,7,10,16H,2-4,6,8H2,1H3. The normalized spacial score (nSPS) is 16.6. The molecule has 0 bridgehead atoms. The van der Waals surface area contributed by atoms with Crippen LogP contribution in [0.2, 0.25) is 0 Å². The van der Waals surface area contributed by atoms with E-state index in [2.05, 4.69) is 5.32 Å². The fraction of sp³-hybridized carbons (Fsp3) is 0.667. The summed E-state index contributed by atoms with van der Waals surface area (Å²) in [5.41, 5.74) is 0.767. The molecule has 0 aromatic carbocycles. The van der Waals surface area contributed by atoms with E-state index in [-0.39, 0.29) is 4.21 Å². The van der Waals surface area contributed by atoms with Crippen molar-refractivity contribution in [3.05, 3.63) is 17.0 Å². The van der Waals surface area contributed by atoms with Gasteiger partial charge in [-0.25, -0.2) is 8.42 Å². The van der Waals surface area contributed by atoms with Gasteiger partial charge in [0.2, 0.25) is 0 Å². The Hall–Kier alpha value is -0.640. The molecule has 21 heavy (non-hydrogen) atoms. The molecule has 0 amide bonds. The number of nitrogens with one attached hydrogen (secondary N) is 1. The fourth-order valence-corrected chi connectivity index (χ4v) is 4.92. The molecule has 120 valence electrons. The molecule has 1 heterocycles. The van der Waals surface area contributed by atoms with Crippen molar-refractivity contribution in [1.29, 1.82) is 0 Å². The fourth-order valence-electron chi connectivity index (χ4n) is 1.92. The average molecular weight is 342 g/mol. The molecule has 0 radical (unpaired) electrons. The van der Waals surface area contributed by atoms with Crippen LogP contribution >= 0.6 is 11.3 Å². The van der Waals surface area contributed by atoms with Gasteiger partial charge >= 0.3 is 6.18 Å². The van der Waals surface area contributed by atoms with Crippen LogP contribution in [-0.2, 0) is 16.6 Å². The summed E-state index contributed by atoms with van der Waals surface area (Å²) in [5, 5.41) is 4.71. The highest BCUT2D eigenvalue weighted by atomic mass is 32.2. The van der Waals surface area contributed by atoms with E-state index in [0.29, 0.717) is 23.7 Å². The Labute approximate surface area is 126 Å². The quantitative estimate of drug-likeness (QED) is 0.829. The van der Waals surface area contributed by atoms with Gasteiger partial charge in [0.1, 0.15) is 10.8 Å². The highest BCUT2D eigenvalue weighted by Crippen LogP contribution is 2.36. The van der Waals surface area contributed by atoms with Crippen molar-refractivity contribution in [3.63, 3.8) is 0 Å². The van der Waals surface area contributed by atoms with Crippen molar-refractivity contribution in [1.82, 2.24) is 9.62 Å². The van der Waals surface area contributed by atoms with Gasteiger partial charge < -0.3 is 5.32 Å². The minimum atomic E-state index is -4.53. The number of hydrogen-bond acceptors (Lipinski definition) is 4. The molecule has 1 aliphatic rings. The maximum absolute atomic E-state index is 12.6. The molecule has 2 rings (SSSR count). The molecule has 4 nitrogen and oxygen atoms in total. The molecule has 9 heteroatoms. The second-order valence-corrected chi connectivity index (χ2v) is 7.98.